The molecule has 0 saturated carbocycles. The van der Waals surface area contributed by atoms with E-state index in [1.165, 1.54) is 6.92 Å². The summed E-state index contributed by atoms with van der Waals surface area (Å²) >= 11 is 5.73. The van der Waals surface area contributed by atoms with E-state index in [0.29, 0.717) is 11.4 Å². The Morgan fingerprint density at radius 2 is 2.00 bits per heavy atom. The van der Waals surface area contributed by atoms with Gasteiger partial charge in [-0.25, -0.2) is 0 Å². The lowest BCUT2D eigenvalue weighted by molar-refractivity contribution is -0.119. The fourth-order valence-electron chi connectivity index (χ4n) is 1.37. The number of halogens is 1. The van der Waals surface area contributed by atoms with Crippen LogP contribution in [0, 0.1) is 0 Å². The van der Waals surface area contributed by atoms with Gasteiger partial charge in [-0.3, -0.25) is 4.79 Å². The van der Waals surface area contributed by atoms with Gasteiger partial charge in [0.2, 0.25) is 5.91 Å². The maximum absolute atomic E-state index is 10.8. The average Bonchev–Trinajstić information content (AvgIpc) is 2.19. The first-order chi connectivity index (χ1) is 7.49. The minimum atomic E-state index is -1.58. The quantitative estimate of drug-likeness (QED) is 0.668. The van der Waals surface area contributed by atoms with Gasteiger partial charge in [0.05, 0.1) is 5.94 Å². The van der Waals surface area contributed by atoms with Crippen molar-refractivity contribution >= 4 is 24.6 Å². The molecule has 1 rings (SSSR count). The molecule has 0 aromatic heterocycles. The van der Waals surface area contributed by atoms with Crippen LogP contribution in [0.4, 0.5) is 0 Å². The molecule has 0 radical (unpaired) electrons. The van der Waals surface area contributed by atoms with Crippen molar-refractivity contribution in [3.63, 3.8) is 0 Å². The van der Waals surface area contributed by atoms with Gasteiger partial charge in [0, 0.05) is 11.9 Å². The third-order valence-corrected chi connectivity index (χ3v) is 2.37. The summed E-state index contributed by atoms with van der Waals surface area (Å²) in [7, 11) is -1.58. The van der Waals surface area contributed by atoms with Crippen LogP contribution in [-0.2, 0) is 11.2 Å². The van der Waals surface area contributed by atoms with E-state index in [0.717, 1.165) is 5.56 Å². The SMILES string of the molecule is CC(=O)NC(Cc1ccc(Cl)cc1)B(O)O. The van der Waals surface area contributed by atoms with Gasteiger partial charge in [-0.1, -0.05) is 23.7 Å². The monoisotopic (exact) mass is 241 g/mol. The van der Waals surface area contributed by atoms with Crippen LogP contribution in [0.3, 0.4) is 0 Å². The molecule has 0 heterocycles. The maximum atomic E-state index is 10.8. The van der Waals surface area contributed by atoms with Gasteiger partial charge < -0.3 is 15.4 Å². The van der Waals surface area contributed by atoms with E-state index in [4.69, 9.17) is 21.6 Å². The van der Waals surface area contributed by atoms with Crippen LogP contribution in [0.2, 0.25) is 5.02 Å². The molecule has 0 aliphatic rings. The first kappa shape index (κ1) is 13.0. The predicted octanol–water partition coefficient (Wildman–Crippen LogP) is 0.399. The second kappa shape index (κ2) is 5.89. The predicted molar refractivity (Wildman–Crippen MR) is 63.0 cm³/mol. The minimum Gasteiger partial charge on any atom is -0.426 e. The normalized spacial score (nSPS) is 12.0. The van der Waals surface area contributed by atoms with E-state index in [2.05, 4.69) is 5.32 Å². The summed E-state index contributed by atoms with van der Waals surface area (Å²) in [6, 6.07) is 6.98. The molecule has 0 spiro atoms. The number of carbonyl (C=O) groups is 1. The smallest absolute Gasteiger partial charge is 0.426 e. The molecule has 0 bridgehead atoms. The molecule has 0 aliphatic carbocycles. The van der Waals surface area contributed by atoms with Crippen molar-refractivity contribution in [2.75, 3.05) is 0 Å². The van der Waals surface area contributed by atoms with E-state index in [-0.39, 0.29) is 5.91 Å². The molecular formula is C10H13BClNO3. The van der Waals surface area contributed by atoms with Gasteiger partial charge in [0.15, 0.2) is 0 Å². The van der Waals surface area contributed by atoms with Crippen LogP contribution in [0.1, 0.15) is 12.5 Å². The van der Waals surface area contributed by atoms with Crippen molar-refractivity contribution in [2.45, 2.75) is 19.3 Å². The zero-order valence-electron chi connectivity index (χ0n) is 8.85. The highest BCUT2D eigenvalue weighted by atomic mass is 35.5. The van der Waals surface area contributed by atoms with E-state index in [1.807, 2.05) is 0 Å². The number of carbonyl (C=O) groups excluding carboxylic acids is 1. The summed E-state index contributed by atoms with van der Waals surface area (Å²) in [6.07, 6.45) is 0.342. The Morgan fingerprint density at radius 3 is 2.44 bits per heavy atom. The summed E-state index contributed by atoms with van der Waals surface area (Å²) in [5.41, 5.74) is 0.872. The summed E-state index contributed by atoms with van der Waals surface area (Å²) in [4.78, 5) is 10.8. The largest absolute Gasteiger partial charge is 0.475 e. The molecule has 16 heavy (non-hydrogen) atoms. The molecule has 1 aromatic carbocycles. The number of nitrogens with one attached hydrogen (secondary N) is 1. The van der Waals surface area contributed by atoms with Gasteiger partial charge in [0.1, 0.15) is 0 Å². The lowest BCUT2D eigenvalue weighted by Gasteiger charge is -2.16. The second-order valence-corrected chi connectivity index (χ2v) is 3.99. The molecule has 4 nitrogen and oxygen atoms in total. The Bertz CT molecular complexity index is 356. The number of hydrogen-bond acceptors (Lipinski definition) is 3. The van der Waals surface area contributed by atoms with Crippen LogP contribution in [-0.4, -0.2) is 29.0 Å². The van der Waals surface area contributed by atoms with Crippen LogP contribution >= 0.6 is 11.6 Å². The highest BCUT2D eigenvalue weighted by molar-refractivity contribution is 6.43. The lowest BCUT2D eigenvalue weighted by atomic mass is 9.76. The molecule has 1 amide bonds. The molecule has 3 N–H and O–H groups in total. The molecule has 0 saturated heterocycles. The van der Waals surface area contributed by atoms with Crippen molar-refractivity contribution in [3.8, 4) is 0 Å². The van der Waals surface area contributed by atoms with Crippen molar-refractivity contribution in [3.05, 3.63) is 34.9 Å². The van der Waals surface area contributed by atoms with Gasteiger partial charge in [-0.15, -0.1) is 0 Å². The Balaban J connectivity index is 2.67. The Morgan fingerprint density at radius 1 is 1.44 bits per heavy atom. The summed E-state index contributed by atoms with van der Waals surface area (Å²) < 4.78 is 0. The van der Waals surface area contributed by atoms with E-state index < -0.39 is 13.1 Å². The fraction of sp³-hybridized carbons (Fsp3) is 0.300. The van der Waals surface area contributed by atoms with Gasteiger partial charge in [-0.05, 0) is 24.1 Å². The van der Waals surface area contributed by atoms with Crippen LogP contribution in [0.25, 0.3) is 0 Å². The number of amides is 1. The van der Waals surface area contributed by atoms with E-state index in [1.54, 1.807) is 24.3 Å². The molecule has 1 aromatic rings. The van der Waals surface area contributed by atoms with Gasteiger partial charge in [-0.2, -0.15) is 0 Å². The van der Waals surface area contributed by atoms with Crippen molar-refractivity contribution in [1.29, 1.82) is 0 Å². The van der Waals surface area contributed by atoms with E-state index in [9.17, 15) is 4.79 Å². The van der Waals surface area contributed by atoms with Crippen LogP contribution < -0.4 is 5.32 Å². The average molecular weight is 241 g/mol. The van der Waals surface area contributed by atoms with Crippen LogP contribution in [0.5, 0.6) is 0 Å². The van der Waals surface area contributed by atoms with Crippen molar-refractivity contribution in [2.24, 2.45) is 0 Å². The zero-order valence-corrected chi connectivity index (χ0v) is 9.61. The molecule has 6 heteroatoms. The van der Waals surface area contributed by atoms with Crippen molar-refractivity contribution in [1.82, 2.24) is 5.32 Å². The number of hydrogen-bond donors (Lipinski definition) is 3. The summed E-state index contributed by atoms with van der Waals surface area (Å²) in [5.74, 6) is -1.01. The molecule has 0 fully saturated rings. The standard InChI is InChI=1S/C10H13BClNO3/c1-7(14)13-10(11(15)16)6-8-2-4-9(12)5-3-8/h2-5,10,15-16H,6H2,1H3,(H,13,14). The number of benzene rings is 1. The Labute approximate surface area is 99.4 Å². The van der Waals surface area contributed by atoms with Crippen molar-refractivity contribution < 1.29 is 14.8 Å². The molecule has 1 unspecified atom stereocenters. The minimum absolute atomic E-state index is 0.299. The summed E-state index contributed by atoms with van der Waals surface area (Å²) in [5, 5.41) is 21.3. The number of rotatable bonds is 4. The van der Waals surface area contributed by atoms with Gasteiger partial charge >= 0.3 is 7.12 Å². The lowest BCUT2D eigenvalue weighted by Crippen LogP contribution is -2.47. The highest BCUT2D eigenvalue weighted by Gasteiger charge is 2.24. The first-order valence-electron chi connectivity index (χ1n) is 4.86. The maximum Gasteiger partial charge on any atom is 0.475 e. The van der Waals surface area contributed by atoms with Crippen LogP contribution in [0.15, 0.2) is 24.3 Å². The first-order valence-corrected chi connectivity index (χ1v) is 5.24. The zero-order chi connectivity index (χ0) is 12.1. The topological polar surface area (TPSA) is 69.6 Å². The molecule has 0 aliphatic heterocycles. The third kappa shape index (κ3) is 4.22. The molecule has 86 valence electrons. The molecular weight excluding hydrogens is 228 g/mol. The highest BCUT2D eigenvalue weighted by Crippen LogP contribution is 2.11. The molecule has 1 atom stereocenters. The Kier molecular flexibility index (Phi) is 4.80. The Hall–Kier alpha value is -1.04. The van der Waals surface area contributed by atoms with E-state index >= 15 is 0 Å². The summed E-state index contributed by atoms with van der Waals surface area (Å²) in [6.45, 7) is 1.33. The van der Waals surface area contributed by atoms with Gasteiger partial charge in [0.25, 0.3) is 0 Å². The third-order valence-electron chi connectivity index (χ3n) is 2.12. The fourth-order valence-corrected chi connectivity index (χ4v) is 1.49. The second-order valence-electron chi connectivity index (χ2n) is 3.55.